The molecule has 274 valence electrons. The van der Waals surface area contributed by atoms with Gasteiger partial charge in [-0.2, -0.15) is 0 Å². The first-order valence-electron chi connectivity index (χ1n) is 19.8. The van der Waals surface area contributed by atoms with Crippen LogP contribution in [0.4, 0.5) is 0 Å². The number of nitrogens with zero attached hydrogens (tertiary/aromatic N) is 3. The monoisotopic (exact) mass is 743 g/mol. The number of benzene rings is 8. The number of furan rings is 1. The van der Waals surface area contributed by atoms with E-state index in [1.165, 1.54) is 22.3 Å². The second-order valence-corrected chi connectivity index (χ2v) is 15.6. The maximum Gasteiger partial charge on any atom is 0.164 e. The molecule has 2 heterocycles. The van der Waals surface area contributed by atoms with Gasteiger partial charge in [-0.1, -0.05) is 184 Å². The quantitative estimate of drug-likeness (QED) is 0.170. The second kappa shape index (κ2) is 13.4. The normalized spacial score (nSPS) is 12.8. The minimum absolute atomic E-state index is 0.0880. The maximum atomic E-state index is 6.96. The van der Waals surface area contributed by atoms with Crippen molar-refractivity contribution in [2.45, 2.75) is 19.3 Å². The number of hydrogen-bond acceptors (Lipinski definition) is 4. The molecule has 0 unspecified atom stereocenters. The molecule has 4 nitrogen and oxygen atoms in total. The van der Waals surface area contributed by atoms with Crippen LogP contribution in [0.1, 0.15) is 25.0 Å². The summed E-state index contributed by atoms with van der Waals surface area (Å²) in [6, 6.07) is 65.9. The highest BCUT2D eigenvalue weighted by atomic mass is 16.3. The third-order valence-corrected chi connectivity index (χ3v) is 11.7. The summed E-state index contributed by atoms with van der Waals surface area (Å²) in [5.41, 5.74) is 16.3. The lowest BCUT2D eigenvalue weighted by atomic mass is 9.81. The fourth-order valence-corrected chi connectivity index (χ4v) is 8.79. The molecular formula is C54H37N3O. The lowest BCUT2D eigenvalue weighted by Gasteiger charge is -2.22. The van der Waals surface area contributed by atoms with Gasteiger partial charge in [0.2, 0.25) is 0 Å². The first-order valence-corrected chi connectivity index (χ1v) is 19.8. The van der Waals surface area contributed by atoms with Crippen LogP contribution in [0.3, 0.4) is 0 Å². The molecule has 0 fully saturated rings. The Morgan fingerprint density at radius 3 is 1.43 bits per heavy atom. The predicted molar refractivity (Wildman–Crippen MR) is 237 cm³/mol. The van der Waals surface area contributed by atoms with E-state index < -0.39 is 0 Å². The molecule has 0 amide bonds. The van der Waals surface area contributed by atoms with E-state index in [2.05, 4.69) is 166 Å². The second-order valence-electron chi connectivity index (χ2n) is 15.6. The van der Waals surface area contributed by atoms with Crippen LogP contribution >= 0.6 is 0 Å². The molecule has 11 rings (SSSR count). The molecule has 58 heavy (non-hydrogen) atoms. The van der Waals surface area contributed by atoms with Crippen molar-refractivity contribution < 1.29 is 4.42 Å². The Labute approximate surface area is 337 Å². The minimum Gasteiger partial charge on any atom is -0.455 e. The lowest BCUT2D eigenvalue weighted by molar-refractivity contribution is 0.660. The summed E-state index contributed by atoms with van der Waals surface area (Å²) in [4.78, 5) is 15.2. The molecule has 0 N–H and O–H groups in total. The van der Waals surface area contributed by atoms with Crippen LogP contribution in [0, 0.1) is 0 Å². The molecule has 4 heteroatoms. The topological polar surface area (TPSA) is 51.8 Å². The first-order chi connectivity index (χ1) is 28.5. The Morgan fingerprint density at radius 2 is 0.776 bits per heavy atom. The van der Waals surface area contributed by atoms with Crippen molar-refractivity contribution in [3.05, 3.63) is 199 Å². The average Bonchev–Trinajstić information content (AvgIpc) is 3.79. The Morgan fingerprint density at radius 1 is 0.328 bits per heavy atom. The Hall–Kier alpha value is -7.43. The van der Waals surface area contributed by atoms with Crippen molar-refractivity contribution >= 4 is 21.9 Å². The van der Waals surface area contributed by atoms with Gasteiger partial charge in [-0.25, -0.2) is 15.0 Å². The van der Waals surface area contributed by atoms with Gasteiger partial charge >= 0.3 is 0 Å². The van der Waals surface area contributed by atoms with Crippen molar-refractivity contribution in [3.63, 3.8) is 0 Å². The van der Waals surface area contributed by atoms with Crippen molar-refractivity contribution in [3.8, 4) is 78.7 Å². The van der Waals surface area contributed by atoms with Crippen LogP contribution in [0.2, 0.25) is 0 Å². The number of hydrogen-bond donors (Lipinski definition) is 0. The number of aromatic nitrogens is 3. The fourth-order valence-electron chi connectivity index (χ4n) is 8.79. The summed E-state index contributed by atoms with van der Waals surface area (Å²) in [5, 5.41) is 2.18. The van der Waals surface area contributed by atoms with Crippen LogP contribution in [-0.2, 0) is 5.41 Å². The van der Waals surface area contributed by atoms with Crippen LogP contribution in [-0.4, -0.2) is 15.0 Å². The molecule has 2 aromatic heterocycles. The number of para-hydroxylation sites is 2. The van der Waals surface area contributed by atoms with E-state index >= 15 is 0 Å². The van der Waals surface area contributed by atoms with Crippen LogP contribution in [0.5, 0.6) is 0 Å². The molecule has 0 aliphatic heterocycles. The van der Waals surface area contributed by atoms with Gasteiger partial charge in [-0.05, 0) is 62.7 Å². The highest BCUT2D eigenvalue weighted by Gasteiger charge is 2.35. The summed E-state index contributed by atoms with van der Waals surface area (Å²) >= 11 is 0. The van der Waals surface area contributed by atoms with E-state index in [1.807, 2.05) is 36.4 Å². The summed E-state index contributed by atoms with van der Waals surface area (Å²) in [7, 11) is 0. The number of rotatable bonds is 6. The highest BCUT2D eigenvalue weighted by molar-refractivity contribution is 6.13. The van der Waals surface area contributed by atoms with E-state index in [-0.39, 0.29) is 5.41 Å². The van der Waals surface area contributed by atoms with Gasteiger partial charge in [-0.15, -0.1) is 0 Å². The lowest BCUT2D eigenvalue weighted by Crippen LogP contribution is -2.14. The minimum atomic E-state index is -0.0880. The van der Waals surface area contributed by atoms with Crippen molar-refractivity contribution in [1.29, 1.82) is 0 Å². The van der Waals surface area contributed by atoms with Gasteiger partial charge in [0.05, 0.1) is 0 Å². The zero-order chi connectivity index (χ0) is 38.8. The van der Waals surface area contributed by atoms with Gasteiger partial charge in [0.15, 0.2) is 17.5 Å². The summed E-state index contributed by atoms with van der Waals surface area (Å²) in [6.07, 6.45) is 0. The molecule has 0 bridgehead atoms. The molecule has 0 radical (unpaired) electrons. The standard InChI is InChI=1S/C54H37N3O/c1-54(2)47-28-10-9-23-43(47)44-30-29-38(33-48(44)54)42-25-14-27-46-45-26-13-24-41(49(45)58-50(42)46)37-20-12-22-40(32-37)53-56-51(35-17-7-4-8-18-35)55-52(57-53)39-21-11-19-36(31-39)34-15-5-3-6-16-34/h3-33H,1-2H3. The van der Waals surface area contributed by atoms with Crippen LogP contribution in [0.15, 0.2) is 192 Å². The van der Waals surface area contributed by atoms with E-state index in [4.69, 9.17) is 19.4 Å². The fraction of sp³-hybridized carbons (Fsp3) is 0.0556. The number of fused-ring (bicyclic) bond motifs is 6. The molecule has 0 saturated carbocycles. The van der Waals surface area contributed by atoms with Gasteiger partial charge in [0.1, 0.15) is 11.2 Å². The summed E-state index contributed by atoms with van der Waals surface area (Å²) in [5.74, 6) is 1.86. The molecular weight excluding hydrogens is 707 g/mol. The molecule has 1 aliphatic rings. The van der Waals surface area contributed by atoms with Crippen molar-refractivity contribution in [2.24, 2.45) is 0 Å². The van der Waals surface area contributed by atoms with Crippen LogP contribution < -0.4 is 0 Å². The molecule has 8 aromatic carbocycles. The zero-order valence-electron chi connectivity index (χ0n) is 32.1. The molecule has 10 aromatic rings. The van der Waals surface area contributed by atoms with Crippen LogP contribution in [0.25, 0.3) is 101 Å². The third kappa shape index (κ3) is 5.56. The molecule has 0 atom stereocenters. The van der Waals surface area contributed by atoms with E-state index in [0.29, 0.717) is 17.5 Å². The van der Waals surface area contributed by atoms with Gasteiger partial charge in [0.25, 0.3) is 0 Å². The SMILES string of the molecule is CC1(C)c2ccccc2-c2ccc(-c3cccc4c3oc3c(-c5cccc(-c6nc(-c7ccccc7)nc(-c7cccc(-c8ccccc8)c7)n6)c5)cccc34)cc21. The summed E-state index contributed by atoms with van der Waals surface area (Å²) < 4.78 is 6.96. The molecule has 0 spiro atoms. The van der Waals surface area contributed by atoms with Gasteiger partial charge < -0.3 is 4.42 Å². The van der Waals surface area contributed by atoms with E-state index in [9.17, 15) is 0 Å². The zero-order valence-corrected chi connectivity index (χ0v) is 32.1. The Kier molecular flexibility index (Phi) is 7.80. The Balaban J connectivity index is 1.02. The highest BCUT2D eigenvalue weighted by Crippen LogP contribution is 2.50. The third-order valence-electron chi connectivity index (χ3n) is 11.7. The summed E-state index contributed by atoms with van der Waals surface area (Å²) in [6.45, 7) is 4.65. The average molecular weight is 744 g/mol. The van der Waals surface area contributed by atoms with Crippen molar-refractivity contribution in [1.82, 2.24) is 15.0 Å². The predicted octanol–water partition coefficient (Wildman–Crippen LogP) is 14.1. The Bertz CT molecular complexity index is 3200. The van der Waals surface area contributed by atoms with Gasteiger partial charge in [-0.3, -0.25) is 0 Å². The van der Waals surface area contributed by atoms with Gasteiger partial charge in [0, 0.05) is 44.0 Å². The molecule has 0 saturated heterocycles. The van der Waals surface area contributed by atoms with Crippen molar-refractivity contribution in [2.75, 3.05) is 0 Å². The maximum absolute atomic E-state index is 6.96. The van der Waals surface area contributed by atoms with E-state index in [1.54, 1.807) is 0 Å². The molecule has 1 aliphatic carbocycles. The first kappa shape index (κ1) is 33.9. The van der Waals surface area contributed by atoms with E-state index in [0.717, 1.165) is 72.0 Å². The largest absolute Gasteiger partial charge is 0.455 e. The smallest absolute Gasteiger partial charge is 0.164 e.